The molecule has 0 fully saturated rings. The largest absolute Gasteiger partial charge is 0.495 e. The molecule has 0 aromatic heterocycles. The molecule has 0 atom stereocenters. The molecule has 2 aromatic rings. The first-order chi connectivity index (χ1) is 9.92. The molecular formula is C14H11Br3N2O2. The number of ether oxygens (including phenoxy) is 1. The third kappa shape index (κ3) is 3.78. The first-order valence-electron chi connectivity index (χ1n) is 5.81. The van der Waals surface area contributed by atoms with E-state index in [0.717, 1.165) is 4.47 Å². The standard InChI is InChI=1S/C14H11Br3N2O2/c1-21-13-9(4-7(15)5-11(13)17)14(20)19-12-3-2-8(18)6-10(12)16/h2-6H,18H2,1H3,(H,19,20). The molecule has 0 saturated heterocycles. The molecule has 1 amide bonds. The highest BCUT2D eigenvalue weighted by Crippen LogP contribution is 2.33. The first kappa shape index (κ1) is 16.3. The molecule has 0 saturated carbocycles. The first-order valence-corrected chi connectivity index (χ1v) is 8.19. The number of carbonyl (C=O) groups is 1. The van der Waals surface area contributed by atoms with Gasteiger partial charge in [0.15, 0.2) is 0 Å². The van der Waals surface area contributed by atoms with E-state index in [1.165, 1.54) is 7.11 Å². The number of nitrogens with two attached hydrogens (primary N) is 1. The molecule has 7 heteroatoms. The normalized spacial score (nSPS) is 10.3. The Morgan fingerprint density at radius 2 is 1.86 bits per heavy atom. The quantitative estimate of drug-likeness (QED) is 0.622. The van der Waals surface area contributed by atoms with Crippen molar-refractivity contribution in [3.63, 3.8) is 0 Å². The lowest BCUT2D eigenvalue weighted by atomic mass is 10.2. The van der Waals surface area contributed by atoms with Crippen LogP contribution in [0.2, 0.25) is 0 Å². The van der Waals surface area contributed by atoms with Crippen LogP contribution in [0.4, 0.5) is 11.4 Å². The van der Waals surface area contributed by atoms with Crippen molar-refractivity contribution < 1.29 is 9.53 Å². The van der Waals surface area contributed by atoms with Gasteiger partial charge in [0.2, 0.25) is 0 Å². The van der Waals surface area contributed by atoms with Crippen LogP contribution in [0, 0.1) is 0 Å². The average Bonchev–Trinajstić information content (AvgIpc) is 2.41. The van der Waals surface area contributed by atoms with Gasteiger partial charge in [-0.25, -0.2) is 0 Å². The van der Waals surface area contributed by atoms with E-state index in [1.54, 1.807) is 24.3 Å². The van der Waals surface area contributed by atoms with Crippen LogP contribution in [0.25, 0.3) is 0 Å². The summed E-state index contributed by atoms with van der Waals surface area (Å²) in [7, 11) is 1.52. The molecule has 2 rings (SSSR count). The van der Waals surface area contributed by atoms with Gasteiger partial charge in [0.1, 0.15) is 5.75 Å². The highest BCUT2D eigenvalue weighted by atomic mass is 79.9. The van der Waals surface area contributed by atoms with Gasteiger partial charge in [-0.05, 0) is 62.2 Å². The molecule has 0 heterocycles. The third-order valence-electron chi connectivity index (χ3n) is 2.70. The van der Waals surface area contributed by atoms with Crippen molar-refractivity contribution in [2.24, 2.45) is 0 Å². The van der Waals surface area contributed by atoms with E-state index in [9.17, 15) is 4.79 Å². The molecule has 0 aliphatic heterocycles. The minimum absolute atomic E-state index is 0.278. The van der Waals surface area contributed by atoms with Crippen molar-refractivity contribution in [3.8, 4) is 5.75 Å². The van der Waals surface area contributed by atoms with Crippen molar-refractivity contribution in [2.75, 3.05) is 18.2 Å². The number of amides is 1. The number of nitrogen functional groups attached to an aromatic ring is 1. The van der Waals surface area contributed by atoms with Crippen LogP contribution >= 0.6 is 47.8 Å². The molecule has 0 radical (unpaired) electrons. The van der Waals surface area contributed by atoms with Crippen molar-refractivity contribution in [1.82, 2.24) is 0 Å². The molecule has 3 N–H and O–H groups in total. The third-order valence-corrected chi connectivity index (χ3v) is 4.40. The second kappa shape index (κ2) is 6.81. The van der Waals surface area contributed by atoms with Gasteiger partial charge in [0.25, 0.3) is 5.91 Å². The summed E-state index contributed by atoms with van der Waals surface area (Å²) in [5, 5.41) is 2.82. The smallest absolute Gasteiger partial charge is 0.259 e. The summed E-state index contributed by atoms with van der Waals surface area (Å²) in [5.41, 5.74) is 7.34. The maximum atomic E-state index is 12.5. The second-order valence-electron chi connectivity index (χ2n) is 4.16. The number of rotatable bonds is 3. The van der Waals surface area contributed by atoms with Crippen LogP contribution in [-0.2, 0) is 0 Å². The Morgan fingerprint density at radius 1 is 1.14 bits per heavy atom. The lowest BCUT2D eigenvalue weighted by Gasteiger charge is -2.12. The number of halogens is 3. The highest BCUT2D eigenvalue weighted by molar-refractivity contribution is 9.11. The van der Waals surface area contributed by atoms with Crippen molar-refractivity contribution >= 4 is 65.1 Å². The maximum absolute atomic E-state index is 12.5. The topological polar surface area (TPSA) is 64.3 Å². The molecule has 21 heavy (non-hydrogen) atoms. The van der Waals surface area contributed by atoms with Gasteiger partial charge in [-0.2, -0.15) is 0 Å². The van der Waals surface area contributed by atoms with Crippen LogP contribution in [0.3, 0.4) is 0 Å². The Hall–Kier alpha value is -1.05. The zero-order valence-corrected chi connectivity index (χ0v) is 15.7. The van der Waals surface area contributed by atoms with E-state index in [2.05, 4.69) is 53.1 Å². The average molecular weight is 479 g/mol. The van der Waals surface area contributed by atoms with Gasteiger partial charge in [-0.1, -0.05) is 15.9 Å². The Bertz CT molecular complexity index is 705. The van der Waals surface area contributed by atoms with Gasteiger partial charge >= 0.3 is 0 Å². The van der Waals surface area contributed by atoms with E-state index >= 15 is 0 Å². The molecule has 2 aromatic carbocycles. The number of nitrogens with one attached hydrogen (secondary N) is 1. The van der Waals surface area contributed by atoms with E-state index < -0.39 is 0 Å². The summed E-state index contributed by atoms with van der Waals surface area (Å²) in [4.78, 5) is 12.5. The van der Waals surface area contributed by atoms with E-state index in [4.69, 9.17) is 10.5 Å². The Balaban J connectivity index is 2.36. The van der Waals surface area contributed by atoms with Gasteiger partial charge in [-0.15, -0.1) is 0 Å². The number of methoxy groups -OCH3 is 1. The molecule has 0 aliphatic rings. The zero-order chi connectivity index (χ0) is 15.6. The Labute approximate surface area is 147 Å². The fourth-order valence-corrected chi connectivity index (χ4v) is 3.64. The summed E-state index contributed by atoms with van der Waals surface area (Å²) in [6.07, 6.45) is 0. The summed E-state index contributed by atoms with van der Waals surface area (Å²) >= 11 is 10.1. The number of benzene rings is 2. The van der Waals surface area contributed by atoms with Crippen LogP contribution in [0.15, 0.2) is 43.7 Å². The Morgan fingerprint density at radius 3 is 2.48 bits per heavy atom. The molecular weight excluding hydrogens is 468 g/mol. The van der Waals surface area contributed by atoms with Crippen molar-refractivity contribution in [1.29, 1.82) is 0 Å². The van der Waals surface area contributed by atoms with Crippen LogP contribution in [0.5, 0.6) is 5.75 Å². The summed E-state index contributed by atoms with van der Waals surface area (Å²) < 4.78 is 7.46. The number of anilines is 2. The van der Waals surface area contributed by atoms with Gasteiger partial charge in [0, 0.05) is 14.6 Å². The minimum Gasteiger partial charge on any atom is -0.495 e. The maximum Gasteiger partial charge on any atom is 0.259 e. The van der Waals surface area contributed by atoms with Crippen LogP contribution in [0.1, 0.15) is 10.4 Å². The minimum atomic E-state index is -0.278. The Kier molecular flexibility index (Phi) is 5.29. The zero-order valence-electron chi connectivity index (χ0n) is 10.9. The monoisotopic (exact) mass is 476 g/mol. The number of hydrogen-bond donors (Lipinski definition) is 2. The summed E-state index contributed by atoms with van der Waals surface area (Å²) in [6.45, 7) is 0. The molecule has 0 unspecified atom stereocenters. The van der Waals surface area contributed by atoms with E-state index in [-0.39, 0.29) is 5.91 Å². The van der Waals surface area contributed by atoms with Gasteiger partial charge in [-0.3, -0.25) is 4.79 Å². The molecule has 4 nitrogen and oxygen atoms in total. The predicted octanol–water partition coefficient (Wildman–Crippen LogP) is 4.82. The fourth-order valence-electron chi connectivity index (χ4n) is 1.76. The summed E-state index contributed by atoms with van der Waals surface area (Å²) in [5.74, 6) is 0.196. The fraction of sp³-hybridized carbons (Fsp3) is 0.0714. The van der Waals surface area contributed by atoms with Crippen LogP contribution in [-0.4, -0.2) is 13.0 Å². The second-order valence-corrected chi connectivity index (χ2v) is 6.79. The highest BCUT2D eigenvalue weighted by Gasteiger charge is 2.17. The molecule has 0 aliphatic carbocycles. The number of hydrogen-bond acceptors (Lipinski definition) is 3. The van der Waals surface area contributed by atoms with Gasteiger partial charge in [0.05, 0.1) is 22.8 Å². The molecule has 110 valence electrons. The van der Waals surface area contributed by atoms with Crippen molar-refractivity contribution in [3.05, 3.63) is 49.3 Å². The number of carbonyl (C=O) groups excluding carboxylic acids is 1. The van der Waals surface area contributed by atoms with E-state index in [1.807, 2.05) is 6.07 Å². The van der Waals surface area contributed by atoms with Gasteiger partial charge < -0.3 is 15.8 Å². The predicted molar refractivity (Wildman–Crippen MR) is 94.9 cm³/mol. The van der Waals surface area contributed by atoms with E-state index in [0.29, 0.717) is 31.6 Å². The van der Waals surface area contributed by atoms with Crippen LogP contribution < -0.4 is 15.8 Å². The summed E-state index contributed by atoms with van der Waals surface area (Å²) in [6, 6.07) is 8.69. The SMILES string of the molecule is COc1c(Br)cc(Br)cc1C(=O)Nc1ccc(N)cc1Br. The van der Waals surface area contributed by atoms with Crippen molar-refractivity contribution in [2.45, 2.75) is 0 Å². The lowest BCUT2D eigenvalue weighted by molar-refractivity contribution is 0.102. The molecule has 0 bridgehead atoms. The lowest BCUT2D eigenvalue weighted by Crippen LogP contribution is -2.14. The molecule has 0 spiro atoms.